The molecular formula is C18H19N5O3. The number of aromatic nitrogens is 2. The van der Waals surface area contributed by atoms with Crippen LogP contribution >= 0.6 is 0 Å². The number of benzene rings is 1. The Morgan fingerprint density at radius 2 is 2.00 bits per heavy atom. The summed E-state index contributed by atoms with van der Waals surface area (Å²) in [5.74, 6) is -0.449. The first-order valence-corrected chi connectivity index (χ1v) is 8.55. The van der Waals surface area contributed by atoms with E-state index in [0.29, 0.717) is 17.8 Å². The molecule has 2 N–H and O–H groups in total. The number of nitrogens with zero attached hydrogens (tertiary/aromatic N) is 3. The molecule has 0 saturated carbocycles. The SMILES string of the molecule is CN(Cc1n[nH]c2c1CCC2)C(=O)c1ccc(N2CC(=O)NC2=O)cc1. The summed E-state index contributed by atoms with van der Waals surface area (Å²) in [6.45, 7) is 0.450. The Balaban J connectivity index is 1.45. The molecule has 4 rings (SSSR count). The normalized spacial score (nSPS) is 16.0. The van der Waals surface area contributed by atoms with Crippen LogP contribution in [-0.4, -0.2) is 46.5 Å². The molecule has 1 saturated heterocycles. The van der Waals surface area contributed by atoms with E-state index in [1.807, 2.05) is 0 Å². The van der Waals surface area contributed by atoms with Gasteiger partial charge in [0.25, 0.3) is 5.91 Å². The van der Waals surface area contributed by atoms with Crippen molar-refractivity contribution < 1.29 is 14.4 Å². The molecule has 2 aromatic rings. The Morgan fingerprint density at radius 3 is 2.69 bits per heavy atom. The molecule has 0 bridgehead atoms. The van der Waals surface area contributed by atoms with Crippen LogP contribution in [-0.2, 0) is 24.2 Å². The van der Waals surface area contributed by atoms with Crippen LogP contribution < -0.4 is 10.2 Å². The van der Waals surface area contributed by atoms with Crippen LogP contribution in [0.5, 0.6) is 0 Å². The molecule has 0 spiro atoms. The zero-order valence-electron chi connectivity index (χ0n) is 14.4. The Labute approximate surface area is 150 Å². The van der Waals surface area contributed by atoms with Crippen LogP contribution in [0, 0.1) is 0 Å². The van der Waals surface area contributed by atoms with E-state index in [4.69, 9.17) is 0 Å². The van der Waals surface area contributed by atoms with Gasteiger partial charge < -0.3 is 4.90 Å². The van der Waals surface area contributed by atoms with Gasteiger partial charge in [-0.3, -0.25) is 24.9 Å². The molecule has 1 aromatic carbocycles. The van der Waals surface area contributed by atoms with Gasteiger partial charge in [-0.1, -0.05) is 0 Å². The second kappa shape index (κ2) is 6.29. The largest absolute Gasteiger partial charge is 0.336 e. The number of carbonyl (C=O) groups is 3. The quantitative estimate of drug-likeness (QED) is 0.808. The van der Waals surface area contributed by atoms with E-state index in [9.17, 15) is 14.4 Å². The van der Waals surface area contributed by atoms with Gasteiger partial charge in [0.1, 0.15) is 6.54 Å². The van der Waals surface area contributed by atoms with Crippen molar-refractivity contribution in [2.45, 2.75) is 25.8 Å². The molecule has 4 amide bonds. The number of aryl methyl sites for hydroxylation is 1. The zero-order chi connectivity index (χ0) is 18.3. The van der Waals surface area contributed by atoms with Crippen molar-refractivity contribution >= 4 is 23.5 Å². The standard InChI is InChI=1S/C18H19N5O3/c1-22(9-15-13-3-2-4-14(13)20-21-15)17(25)11-5-7-12(8-6-11)23-10-16(24)19-18(23)26/h5-8H,2-4,9-10H2,1H3,(H,20,21)(H,19,24,26). The number of hydrogen-bond acceptors (Lipinski definition) is 4. The van der Waals surface area contributed by atoms with Crippen molar-refractivity contribution in [3.05, 3.63) is 46.8 Å². The van der Waals surface area contributed by atoms with Gasteiger partial charge in [0.2, 0.25) is 5.91 Å². The molecule has 0 unspecified atom stereocenters. The highest BCUT2D eigenvalue weighted by Crippen LogP contribution is 2.24. The highest BCUT2D eigenvalue weighted by atomic mass is 16.2. The van der Waals surface area contributed by atoms with Crippen molar-refractivity contribution in [2.24, 2.45) is 0 Å². The van der Waals surface area contributed by atoms with Gasteiger partial charge in [-0.15, -0.1) is 0 Å². The minimum Gasteiger partial charge on any atom is -0.336 e. The first-order chi connectivity index (χ1) is 12.5. The molecule has 0 atom stereocenters. The van der Waals surface area contributed by atoms with Crippen LogP contribution in [0.2, 0.25) is 0 Å². The van der Waals surface area contributed by atoms with Crippen molar-refractivity contribution in [1.29, 1.82) is 0 Å². The number of H-pyrrole nitrogens is 1. The lowest BCUT2D eigenvalue weighted by atomic mass is 10.1. The smallest absolute Gasteiger partial charge is 0.329 e. The summed E-state index contributed by atoms with van der Waals surface area (Å²) in [6.07, 6.45) is 3.16. The molecule has 2 aliphatic rings. The van der Waals surface area contributed by atoms with E-state index in [2.05, 4.69) is 15.5 Å². The van der Waals surface area contributed by atoms with Gasteiger partial charge in [0.15, 0.2) is 0 Å². The van der Waals surface area contributed by atoms with E-state index >= 15 is 0 Å². The number of urea groups is 1. The third-order valence-corrected chi connectivity index (χ3v) is 4.84. The van der Waals surface area contributed by atoms with Gasteiger partial charge in [-0.2, -0.15) is 5.10 Å². The lowest BCUT2D eigenvalue weighted by molar-refractivity contribution is -0.117. The van der Waals surface area contributed by atoms with E-state index in [-0.39, 0.29) is 18.4 Å². The lowest BCUT2D eigenvalue weighted by Gasteiger charge is -2.18. The van der Waals surface area contributed by atoms with Crippen LogP contribution in [0.4, 0.5) is 10.5 Å². The fourth-order valence-corrected chi connectivity index (χ4v) is 3.47. The Kier molecular flexibility index (Phi) is 3.95. The van der Waals surface area contributed by atoms with Gasteiger partial charge in [-0.25, -0.2) is 4.79 Å². The number of anilines is 1. The molecule has 1 aromatic heterocycles. The second-order valence-corrected chi connectivity index (χ2v) is 6.63. The molecular weight excluding hydrogens is 334 g/mol. The molecule has 1 aliphatic carbocycles. The maximum Gasteiger partial charge on any atom is 0.329 e. The summed E-state index contributed by atoms with van der Waals surface area (Å²) in [5, 5.41) is 9.62. The molecule has 1 aliphatic heterocycles. The van der Waals surface area contributed by atoms with Gasteiger partial charge >= 0.3 is 6.03 Å². The Hall–Kier alpha value is -3.16. The topological polar surface area (TPSA) is 98.4 Å². The second-order valence-electron chi connectivity index (χ2n) is 6.63. The summed E-state index contributed by atoms with van der Waals surface area (Å²) < 4.78 is 0. The van der Waals surface area contributed by atoms with Crippen LogP contribution in [0.3, 0.4) is 0 Å². The van der Waals surface area contributed by atoms with Crippen molar-refractivity contribution in [3.63, 3.8) is 0 Å². The number of amides is 4. The molecule has 2 heterocycles. The molecule has 134 valence electrons. The lowest BCUT2D eigenvalue weighted by Crippen LogP contribution is -2.28. The number of aromatic amines is 1. The predicted molar refractivity (Wildman–Crippen MR) is 93.7 cm³/mol. The predicted octanol–water partition coefficient (Wildman–Crippen LogP) is 1.23. The average molecular weight is 353 g/mol. The molecule has 8 nitrogen and oxygen atoms in total. The minimum absolute atomic E-state index is 0.00367. The first-order valence-electron chi connectivity index (χ1n) is 8.55. The summed E-state index contributed by atoms with van der Waals surface area (Å²) in [5.41, 5.74) is 4.46. The third-order valence-electron chi connectivity index (χ3n) is 4.84. The van der Waals surface area contributed by atoms with Crippen molar-refractivity contribution in [3.8, 4) is 0 Å². The summed E-state index contributed by atoms with van der Waals surface area (Å²) in [6, 6.07) is 6.23. The first kappa shape index (κ1) is 16.3. The number of hydrogen-bond donors (Lipinski definition) is 2. The zero-order valence-corrected chi connectivity index (χ0v) is 14.4. The molecule has 26 heavy (non-hydrogen) atoms. The van der Waals surface area contributed by atoms with Crippen LogP contribution in [0.15, 0.2) is 24.3 Å². The maximum absolute atomic E-state index is 12.7. The third kappa shape index (κ3) is 2.83. The number of fused-ring (bicyclic) bond motifs is 1. The van der Waals surface area contributed by atoms with E-state index in [0.717, 1.165) is 25.0 Å². The molecule has 8 heteroatoms. The molecule has 1 fully saturated rings. The summed E-state index contributed by atoms with van der Waals surface area (Å²) >= 11 is 0. The highest BCUT2D eigenvalue weighted by molar-refractivity contribution is 6.12. The maximum atomic E-state index is 12.7. The van der Waals surface area contributed by atoms with Gasteiger partial charge in [0, 0.05) is 24.0 Å². The Morgan fingerprint density at radius 1 is 1.23 bits per heavy atom. The van der Waals surface area contributed by atoms with Crippen LogP contribution in [0.25, 0.3) is 0 Å². The average Bonchev–Trinajstić information content (AvgIpc) is 3.32. The summed E-state index contributed by atoms with van der Waals surface area (Å²) in [7, 11) is 1.75. The fourth-order valence-electron chi connectivity index (χ4n) is 3.47. The Bertz CT molecular complexity index is 887. The van der Waals surface area contributed by atoms with Gasteiger partial charge in [0.05, 0.1) is 12.2 Å². The van der Waals surface area contributed by atoms with Crippen molar-refractivity contribution in [1.82, 2.24) is 20.4 Å². The van der Waals surface area contributed by atoms with E-state index in [1.165, 1.54) is 16.2 Å². The number of carbonyl (C=O) groups excluding carboxylic acids is 3. The summed E-state index contributed by atoms with van der Waals surface area (Å²) in [4.78, 5) is 38.6. The number of imide groups is 1. The fraction of sp³-hybridized carbons (Fsp3) is 0.333. The number of nitrogens with one attached hydrogen (secondary N) is 2. The van der Waals surface area contributed by atoms with Crippen LogP contribution in [0.1, 0.15) is 33.7 Å². The molecule has 0 radical (unpaired) electrons. The van der Waals surface area contributed by atoms with Gasteiger partial charge in [-0.05, 0) is 49.1 Å². The van der Waals surface area contributed by atoms with E-state index in [1.54, 1.807) is 36.2 Å². The number of rotatable bonds is 4. The van der Waals surface area contributed by atoms with Crippen molar-refractivity contribution in [2.75, 3.05) is 18.5 Å². The highest BCUT2D eigenvalue weighted by Gasteiger charge is 2.28. The van der Waals surface area contributed by atoms with E-state index < -0.39 is 6.03 Å². The monoisotopic (exact) mass is 353 g/mol. The minimum atomic E-state index is -0.446.